The van der Waals surface area contributed by atoms with E-state index in [0.717, 1.165) is 6.42 Å². The average molecular weight is 194 g/mol. The van der Waals surface area contributed by atoms with Gasteiger partial charge in [-0.25, -0.2) is 5.14 Å². The first-order valence-electron chi connectivity index (χ1n) is 3.50. The van der Waals surface area contributed by atoms with Crippen LogP contribution in [0.3, 0.4) is 0 Å². The maximum Gasteiger partial charge on any atom is 0.275 e. The summed E-state index contributed by atoms with van der Waals surface area (Å²) in [5.41, 5.74) is 5.13. The fraction of sp³-hybridized carbons (Fsp3) is 0.800. The van der Waals surface area contributed by atoms with E-state index in [-0.39, 0.29) is 5.84 Å². The molecule has 0 rings (SSSR count). The third kappa shape index (κ3) is 5.05. The van der Waals surface area contributed by atoms with Gasteiger partial charge in [-0.1, -0.05) is 13.3 Å². The van der Waals surface area contributed by atoms with E-state index < -0.39 is 16.3 Å². The number of rotatable bonds is 5. The van der Waals surface area contributed by atoms with E-state index in [1.807, 2.05) is 6.92 Å². The van der Waals surface area contributed by atoms with Crippen LogP contribution in [0.15, 0.2) is 0 Å². The maximum absolute atomic E-state index is 10.5. The van der Waals surface area contributed by atoms with Crippen LogP contribution >= 0.6 is 0 Å². The van der Waals surface area contributed by atoms with Crippen molar-refractivity contribution in [3.63, 3.8) is 0 Å². The second kappa shape index (κ2) is 4.39. The molecule has 0 saturated heterocycles. The zero-order valence-corrected chi connectivity index (χ0v) is 7.69. The molecule has 1 unspecified atom stereocenters. The zero-order valence-electron chi connectivity index (χ0n) is 6.87. The molecule has 0 saturated carbocycles. The molecule has 1 atom stereocenters. The molecule has 6 nitrogen and oxygen atoms in total. The van der Waals surface area contributed by atoms with Gasteiger partial charge in [0.25, 0.3) is 10.2 Å². The molecule has 72 valence electrons. The largest absolute Gasteiger partial charge is 0.386 e. The molecule has 0 aliphatic heterocycles. The fourth-order valence-corrected chi connectivity index (χ4v) is 1.41. The number of nitrogens with two attached hydrogens (primary N) is 2. The molecule has 0 heterocycles. The molecule has 0 aromatic heterocycles. The Morgan fingerprint density at radius 1 is 1.67 bits per heavy atom. The molecule has 0 aromatic rings. The van der Waals surface area contributed by atoms with Crippen molar-refractivity contribution in [1.82, 2.24) is 4.72 Å². The highest BCUT2D eigenvalue weighted by molar-refractivity contribution is 7.87. The van der Waals surface area contributed by atoms with Gasteiger partial charge in [-0.15, -0.1) is 0 Å². The molecular formula is C5H14N4O2S. The summed E-state index contributed by atoms with van der Waals surface area (Å²) in [7, 11) is -3.76. The van der Waals surface area contributed by atoms with Crippen molar-refractivity contribution < 1.29 is 8.42 Å². The maximum atomic E-state index is 10.5. The van der Waals surface area contributed by atoms with Gasteiger partial charge in [0.1, 0.15) is 5.84 Å². The van der Waals surface area contributed by atoms with Gasteiger partial charge < -0.3 is 5.73 Å². The van der Waals surface area contributed by atoms with E-state index in [0.29, 0.717) is 6.42 Å². The Bertz CT molecular complexity index is 248. The van der Waals surface area contributed by atoms with Gasteiger partial charge in [0.2, 0.25) is 0 Å². The lowest BCUT2D eigenvalue weighted by Gasteiger charge is -2.13. The van der Waals surface area contributed by atoms with E-state index in [4.69, 9.17) is 16.3 Å². The fourth-order valence-electron chi connectivity index (χ4n) is 0.765. The summed E-state index contributed by atoms with van der Waals surface area (Å²) in [6.07, 6.45) is 1.21. The van der Waals surface area contributed by atoms with Crippen LogP contribution < -0.4 is 15.6 Å². The molecule has 0 aromatic carbocycles. The summed E-state index contributed by atoms with van der Waals surface area (Å²) < 4.78 is 23.1. The van der Waals surface area contributed by atoms with Crippen molar-refractivity contribution in [3.05, 3.63) is 0 Å². The number of hydrogen-bond donors (Lipinski definition) is 4. The first-order valence-corrected chi connectivity index (χ1v) is 5.05. The Morgan fingerprint density at radius 3 is 2.42 bits per heavy atom. The van der Waals surface area contributed by atoms with Crippen LogP contribution in [0.5, 0.6) is 0 Å². The van der Waals surface area contributed by atoms with E-state index >= 15 is 0 Å². The molecule has 0 amide bonds. The molecular weight excluding hydrogens is 180 g/mol. The van der Waals surface area contributed by atoms with Crippen molar-refractivity contribution in [2.45, 2.75) is 25.8 Å². The van der Waals surface area contributed by atoms with E-state index in [1.165, 1.54) is 0 Å². The minimum absolute atomic E-state index is 0.217. The van der Waals surface area contributed by atoms with Gasteiger partial charge in [-0.05, 0) is 6.42 Å². The number of amidine groups is 1. The van der Waals surface area contributed by atoms with E-state index in [1.54, 1.807) is 0 Å². The summed E-state index contributed by atoms with van der Waals surface area (Å²) in [6.45, 7) is 1.86. The molecule has 0 radical (unpaired) electrons. The van der Waals surface area contributed by atoms with Gasteiger partial charge in [-0.2, -0.15) is 13.1 Å². The summed E-state index contributed by atoms with van der Waals surface area (Å²) >= 11 is 0. The van der Waals surface area contributed by atoms with Crippen molar-refractivity contribution in [2.75, 3.05) is 0 Å². The smallest absolute Gasteiger partial charge is 0.275 e. The molecule has 0 fully saturated rings. The van der Waals surface area contributed by atoms with Gasteiger partial charge in [0, 0.05) is 0 Å². The lowest BCUT2D eigenvalue weighted by Crippen LogP contribution is -2.46. The molecule has 0 aliphatic carbocycles. The first-order chi connectivity index (χ1) is 5.37. The predicted octanol–water partition coefficient (Wildman–Crippen LogP) is -1.12. The van der Waals surface area contributed by atoms with Crippen LogP contribution in [0.2, 0.25) is 0 Å². The Balaban J connectivity index is 4.24. The van der Waals surface area contributed by atoms with Crippen molar-refractivity contribution in [3.8, 4) is 0 Å². The monoisotopic (exact) mass is 194 g/mol. The molecule has 0 spiro atoms. The van der Waals surface area contributed by atoms with Crippen molar-refractivity contribution in [2.24, 2.45) is 10.9 Å². The van der Waals surface area contributed by atoms with Gasteiger partial charge in [-0.3, -0.25) is 5.41 Å². The van der Waals surface area contributed by atoms with Crippen LogP contribution in [0.25, 0.3) is 0 Å². The lowest BCUT2D eigenvalue weighted by atomic mass is 10.2. The minimum atomic E-state index is -3.76. The highest BCUT2D eigenvalue weighted by Gasteiger charge is 2.15. The SMILES string of the molecule is CCCC(NS(N)(=O)=O)C(=N)N. The summed E-state index contributed by atoms with van der Waals surface area (Å²) in [6, 6.07) is -0.676. The Morgan fingerprint density at radius 2 is 2.17 bits per heavy atom. The standard InChI is InChI=1S/C5H14N4O2S/c1-2-3-4(5(6)7)9-12(8,10)11/h4,9H,2-3H2,1H3,(H3,6,7)(H2,8,10,11). The second-order valence-electron chi connectivity index (χ2n) is 2.46. The van der Waals surface area contributed by atoms with Gasteiger partial charge in [0.05, 0.1) is 6.04 Å². The van der Waals surface area contributed by atoms with Crippen molar-refractivity contribution >= 4 is 16.0 Å². The third-order valence-corrected chi connectivity index (χ3v) is 1.87. The quantitative estimate of drug-likeness (QED) is 0.327. The van der Waals surface area contributed by atoms with Crippen molar-refractivity contribution in [1.29, 1.82) is 5.41 Å². The van der Waals surface area contributed by atoms with Gasteiger partial charge >= 0.3 is 0 Å². The molecule has 12 heavy (non-hydrogen) atoms. The molecule has 0 aliphatic rings. The highest BCUT2D eigenvalue weighted by atomic mass is 32.2. The third-order valence-electron chi connectivity index (χ3n) is 1.26. The zero-order chi connectivity index (χ0) is 9.78. The second-order valence-corrected chi connectivity index (χ2v) is 3.79. The Hall–Kier alpha value is -0.660. The van der Waals surface area contributed by atoms with Crippen LogP contribution in [0.4, 0.5) is 0 Å². The van der Waals surface area contributed by atoms with Crippen LogP contribution in [0.1, 0.15) is 19.8 Å². The first kappa shape index (κ1) is 11.3. The summed E-state index contributed by atoms with van der Waals surface area (Å²) in [5.74, 6) is -0.217. The summed E-state index contributed by atoms with van der Waals surface area (Å²) in [5, 5.41) is 11.7. The molecule has 7 heteroatoms. The molecule has 6 N–H and O–H groups in total. The van der Waals surface area contributed by atoms with Crippen LogP contribution in [0, 0.1) is 5.41 Å². The minimum Gasteiger partial charge on any atom is -0.386 e. The lowest BCUT2D eigenvalue weighted by molar-refractivity contribution is 0.567. The van der Waals surface area contributed by atoms with E-state index in [9.17, 15) is 8.42 Å². The predicted molar refractivity (Wildman–Crippen MR) is 46.9 cm³/mol. The Labute approximate surface area is 72.0 Å². The van der Waals surface area contributed by atoms with E-state index in [2.05, 4.69) is 4.72 Å². The van der Waals surface area contributed by atoms with Crippen LogP contribution in [-0.2, 0) is 10.2 Å². The Kier molecular flexibility index (Phi) is 4.15. The summed E-state index contributed by atoms with van der Waals surface area (Å²) in [4.78, 5) is 0. The highest BCUT2D eigenvalue weighted by Crippen LogP contribution is 1.96. The topological polar surface area (TPSA) is 122 Å². The van der Waals surface area contributed by atoms with Gasteiger partial charge in [0.15, 0.2) is 0 Å². The van der Waals surface area contributed by atoms with Crippen LogP contribution in [-0.4, -0.2) is 20.3 Å². The normalized spacial score (nSPS) is 14.2. The number of nitrogens with one attached hydrogen (secondary N) is 2. The number of hydrogen-bond acceptors (Lipinski definition) is 3. The average Bonchev–Trinajstić information content (AvgIpc) is 1.83. The molecule has 0 bridgehead atoms.